The lowest BCUT2D eigenvalue weighted by molar-refractivity contribution is 0.0247. The summed E-state index contributed by atoms with van der Waals surface area (Å²) in [4.78, 5) is 2.12. The van der Waals surface area contributed by atoms with Gasteiger partial charge in [-0.1, -0.05) is 49.3 Å². The summed E-state index contributed by atoms with van der Waals surface area (Å²) in [6.07, 6.45) is 6.02. The number of hydrogen-bond acceptors (Lipinski definition) is 8. The fourth-order valence-corrected chi connectivity index (χ4v) is 3.49. The molecule has 2 aromatic carbocycles. The Bertz CT molecular complexity index is 981. The third kappa shape index (κ3) is 7.82. The Morgan fingerprint density at radius 3 is 2.47 bits per heavy atom. The van der Waals surface area contributed by atoms with Crippen LogP contribution in [0.15, 0.2) is 60.3 Å². The number of anilines is 1. The fraction of sp³-hybridized carbons (Fsp3) is 0.360. The van der Waals surface area contributed by atoms with Crippen molar-refractivity contribution in [2.45, 2.75) is 32.9 Å². The molecule has 1 aliphatic heterocycles. The van der Waals surface area contributed by atoms with Crippen LogP contribution in [0.5, 0.6) is 5.75 Å². The molecule has 34 heavy (non-hydrogen) atoms. The summed E-state index contributed by atoms with van der Waals surface area (Å²) in [7, 11) is 5.70. The molecular weight excluding hydrogens is 447 g/mol. The van der Waals surface area contributed by atoms with E-state index in [2.05, 4.69) is 17.5 Å². The molecule has 3 rings (SSSR count). The van der Waals surface area contributed by atoms with Crippen molar-refractivity contribution in [1.29, 1.82) is 0 Å². The monoisotopic (exact) mass is 484 g/mol. The molecule has 7 N–H and O–H groups in total. The van der Waals surface area contributed by atoms with Gasteiger partial charge in [-0.2, -0.15) is 12.6 Å². The molecular formula is C25H37BN4O3S. The molecule has 0 aliphatic carbocycles. The van der Waals surface area contributed by atoms with E-state index in [0.717, 1.165) is 29.7 Å². The second-order valence-corrected chi connectivity index (χ2v) is 8.09. The van der Waals surface area contributed by atoms with E-state index in [1.807, 2.05) is 30.3 Å². The first-order valence-electron chi connectivity index (χ1n) is 10.6. The molecule has 0 aromatic heterocycles. The van der Waals surface area contributed by atoms with Crippen molar-refractivity contribution in [3.05, 3.63) is 71.4 Å². The number of nitrogens with zero attached hydrogens (tertiary/aromatic N) is 2. The lowest BCUT2D eigenvalue weighted by atomic mass is 9.93. The molecule has 2 aromatic rings. The Morgan fingerprint density at radius 1 is 1.24 bits per heavy atom. The van der Waals surface area contributed by atoms with Gasteiger partial charge < -0.3 is 21.1 Å². The van der Waals surface area contributed by atoms with Crippen LogP contribution in [0.3, 0.4) is 0 Å². The largest absolute Gasteiger partial charge is 0.508 e. The van der Waals surface area contributed by atoms with E-state index < -0.39 is 5.60 Å². The third-order valence-corrected chi connectivity index (χ3v) is 5.51. The van der Waals surface area contributed by atoms with Gasteiger partial charge in [0.2, 0.25) is 0 Å². The molecule has 0 fully saturated rings. The van der Waals surface area contributed by atoms with Gasteiger partial charge in [-0.3, -0.25) is 9.91 Å². The van der Waals surface area contributed by atoms with Crippen LogP contribution in [0.2, 0.25) is 0 Å². The van der Waals surface area contributed by atoms with Crippen molar-refractivity contribution < 1.29 is 15.3 Å². The van der Waals surface area contributed by atoms with Crippen LogP contribution in [-0.4, -0.2) is 59.6 Å². The number of nitrogens with two attached hydrogens (primary N) is 2. The first-order chi connectivity index (χ1) is 15.7. The number of phenols is 1. The minimum atomic E-state index is -1.23. The zero-order valence-corrected chi connectivity index (χ0v) is 20.0. The average Bonchev–Trinajstić information content (AvgIpc) is 2.82. The summed E-state index contributed by atoms with van der Waals surface area (Å²) in [6.45, 7) is 3.12. The molecule has 184 valence electrons. The number of hydrazine groups is 1. The van der Waals surface area contributed by atoms with Gasteiger partial charge in [-0.25, -0.2) is 5.84 Å². The van der Waals surface area contributed by atoms with Gasteiger partial charge in [0.05, 0.1) is 18.0 Å². The minimum absolute atomic E-state index is 0. The zero-order valence-electron chi connectivity index (χ0n) is 19.1. The van der Waals surface area contributed by atoms with Gasteiger partial charge in [0.25, 0.3) is 0 Å². The van der Waals surface area contributed by atoms with Crippen molar-refractivity contribution in [2.24, 2.45) is 11.6 Å². The predicted molar refractivity (Wildman–Crippen MR) is 146 cm³/mol. The molecule has 7 nitrogen and oxygen atoms in total. The molecule has 0 bridgehead atoms. The molecule has 0 spiro atoms. The van der Waals surface area contributed by atoms with Crippen molar-refractivity contribution in [3.63, 3.8) is 0 Å². The molecule has 1 heterocycles. The quantitative estimate of drug-likeness (QED) is 0.117. The second kappa shape index (κ2) is 13.5. The van der Waals surface area contributed by atoms with E-state index in [0.29, 0.717) is 29.9 Å². The maximum Gasteiger partial charge on any atom is 0.122 e. The van der Waals surface area contributed by atoms with Crippen LogP contribution in [-0.2, 0) is 6.54 Å². The highest BCUT2D eigenvalue weighted by molar-refractivity contribution is 7.79. The number of thiol groups is 1. The van der Waals surface area contributed by atoms with Crippen LogP contribution >= 0.6 is 12.6 Å². The van der Waals surface area contributed by atoms with E-state index in [-0.39, 0.29) is 19.8 Å². The van der Waals surface area contributed by atoms with Crippen molar-refractivity contribution in [2.75, 3.05) is 31.0 Å². The number of aliphatic hydroxyl groups is 2. The summed E-state index contributed by atoms with van der Waals surface area (Å²) < 4.78 is 0. The number of rotatable bonds is 7. The molecule has 0 saturated carbocycles. The van der Waals surface area contributed by atoms with Crippen LogP contribution in [0.1, 0.15) is 31.9 Å². The topological polar surface area (TPSA) is 119 Å². The summed E-state index contributed by atoms with van der Waals surface area (Å²) in [6, 6.07) is 12.4. The smallest absolute Gasteiger partial charge is 0.122 e. The minimum Gasteiger partial charge on any atom is -0.508 e. The lowest BCUT2D eigenvalue weighted by Crippen LogP contribution is -2.40. The Kier molecular flexibility index (Phi) is 11.7. The molecule has 1 aliphatic rings. The maximum absolute atomic E-state index is 10.5. The summed E-state index contributed by atoms with van der Waals surface area (Å²) >= 11 is 3.53. The second-order valence-electron chi connectivity index (χ2n) is 8.09. The first kappa shape index (κ1) is 29.6. The predicted octanol–water partition coefficient (Wildman–Crippen LogP) is 1.88. The number of aliphatic hydroxyl groups excluding tert-OH is 1. The molecule has 0 amide bonds. The molecule has 0 saturated heterocycles. The highest BCUT2D eigenvalue weighted by Gasteiger charge is 2.28. The van der Waals surface area contributed by atoms with Crippen LogP contribution in [0.4, 0.5) is 5.69 Å². The van der Waals surface area contributed by atoms with Gasteiger partial charge in [0.1, 0.15) is 19.2 Å². The average molecular weight is 484 g/mol. The fourth-order valence-electron chi connectivity index (χ4n) is 3.49. The van der Waals surface area contributed by atoms with Gasteiger partial charge in [0.15, 0.2) is 0 Å². The number of aromatic hydroxyl groups is 1. The Labute approximate surface area is 210 Å². The van der Waals surface area contributed by atoms with E-state index >= 15 is 0 Å². The first-order valence-corrected chi connectivity index (χ1v) is 11.5. The van der Waals surface area contributed by atoms with Crippen molar-refractivity contribution in [1.82, 2.24) is 4.90 Å². The van der Waals surface area contributed by atoms with Crippen LogP contribution < -0.4 is 22.0 Å². The van der Waals surface area contributed by atoms with Crippen LogP contribution in [0, 0.1) is 0 Å². The molecule has 1 atom stereocenters. The third-order valence-electron chi connectivity index (χ3n) is 5.51. The Hall–Kier alpha value is -2.43. The highest BCUT2D eigenvalue weighted by Crippen LogP contribution is 2.28. The standard InChI is InChI=1S/C23H29BN4O3.CH4S.CH4/c1-23(31,15-29)18-3-2-10-27(13-18)12-17-6-9-20(11-22(17)30)28(26)14-21(25)16-4-7-19(24)8-5-16;1-2;/h3-9,11,14,29-31H,2,10,12-13,15,25-26H2,1H3;2H,1H3;1H4/b21-14-;;/t23-;;/m1../s1. The molecule has 0 unspecified atom stereocenters. The summed E-state index contributed by atoms with van der Waals surface area (Å²) in [5.41, 5.74) is 8.91. The van der Waals surface area contributed by atoms with E-state index in [1.165, 1.54) is 5.01 Å². The number of phenolic OH excluding ortho intramolecular Hbond substituents is 1. The Balaban J connectivity index is 0.00000188. The molecule has 2 radical (unpaired) electrons. The summed E-state index contributed by atoms with van der Waals surface area (Å²) in [5.74, 6) is 6.24. The van der Waals surface area contributed by atoms with Gasteiger partial charge in [-0.15, -0.1) is 0 Å². The zero-order chi connectivity index (χ0) is 24.6. The van der Waals surface area contributed by atoms with Gasteiger partial charge >= 0.3 is 0 Å². The maximum atomic E-state index is 10.5. The molecule has 9 heteroatoms. The van der Waals surface area contributed by atoms with Crippen molar-refractivity contribution in [3.8, 4) is 5.75 Å². The van der Waals surface area contributed by atoms with E-state index in [9.17, 15) is 15.3 Å². The lowest BCUT2D eigenvalue weighted by Gasteiger charge is -2.33. The normalized spacial score (nSPS) is 15.8. The number of benzene rings is 2. The summed E-state index contributed by atoms with van der Waals surface area (Å²) in [5, 5.41) is 31.6. The Morgan fingerprint density at radius 2 is 1.88 bits per heavy atom. The van der Waals surface area contributed by atoms with Crippen molar-refractivity contribution >= 4 is 37.3 Å². The SMILES string of the molecule is C.CS.[B]c1ccc(/C(N)=C/N(N)c2ccc(CN3CCC=C([C@](C)(O)CO)C3)c(O)c2)cc1. The van der Waals surface area contributed by atoms with E-state index in [4.69, 9.17) is 19.4 Å². The number of hydrogen-bond donors (Lipinski definition) is 6. The van der Waals surface area contributed by atoms with E-state index in [1.54, 1.807) is 37.6 Å². The van der Waals surface area contributed by atoms with Gasteiger partial charge in [0, 0.05) is 37.5 Å². The van der Waals surface area contributed by atoms with Gasteiger partial charge in [-0.05, 0) is 36.8 Å². The highest BCUT2D eigenvalue weighted by atomic mass is 32.1. The van der Waals surface area contributed by atoms with Crippen LogP contribution in [0.25, 0.3) is 5.70 Å².